The molecule has 0 saturated carbocycles. The highest BCUT2D eigenvalue weighted by molar-refractivity contribution is 7.80. The summed E-state index contributed by atoms with van der Waals surface area (Å²) in [5.74, 6) is -0.0303. The largest absolute Gasteiger partial charge is 0.416 e. The number of thiol groups is 1. The zero-order chi connectivity index (χ0) is 12.3. The molecule has 0 radical (unpaired) electrons. The van der Waals surface area contributed by atoms with Gasteiger partial charge < -0.3 is 10.2 Å². The second-order valence-corrected chi connectivity index (χ2v) is 3.68. The van der Waals surface area contributed by atoms with E-state index in [1.807, 2.05) is 0 Å². The third-order valence-corrected chi connectivity index (χ3v) is 2.48. The summed E-state index contributed by atoms with van der Waals surface area (Å²) in [6, 6.07) is 4.24. The molecular formula is C10H11F3O2S. The summed E-state index contributed by atoms with van der Waals surface area (Å²) in [7, 11) is 0. The zero-order valence-electron chi connectivity index (χ0n) is 8.15. The van der Waals surface area contributed by atoms with Crippen LogP contribution in [-0.2, 0) is 6.18 Å². The predicted octanol–water partition coefficient (Wildman–Crippen LogP) is 2.03. The van der Waals surface area contributed by atoms with Crippen molar-refractivity contribution >= 4 is 12.6 Å². The molecule has 0 fully saturated rings. The summed E-state index contributed by atoms with van der Waals surface area (Å²) in [6.45, 7) is 0. The zero-order valence-corrected chi connectivity index (χ0v) is 9.04. The molecule has 2 atom stereocenters. The Labute approximate surface area is 96.1 Å². The number of alkyl halides is 3. The Hall–Kier alpha value is -0.720. The molecule has 6 heteroatoms. The van der Waals surface area contributed by atoms with Gasteiger partial charge in [-0.25, -0.2) is 0 Å². The monoisotopic (exact) mass is 252 g/mol. The van der Waals surface area contributed by atoms with Crippen LogP contribution in [0.1, 0.15) is 17.2 Å². The van der Waals surface area contributed by atoms with Gasteiger partial charge >= 0.3 is 6.18 Å². The minimum absolute atomic E-state index is 0.0244. The predicted molar refractivity (Wildman–Crippen MR) is 56.3 cm³/mol. The molecule has 2 nitrogen and oxygen atoms in total. The van der Waals surface area contributed by atoms with E-state index < -0.39 is 23.9 Å². The quantitative estimate of drug-likeness (QED) is 0.720. The smallest absolute Gasteiger partial charge is 0.389 e. The number of benzene rings is 1. The maximum Gasteiger partial charge on any atom is 0.416 e. The fourth-order valence-electron chi connectivity index (χ4n) is 1.22. The summed E-state index contributed by atoms with van der Waals surface area (Å²) in [4.78, 5) is 0. The van der Waals surface area contributed by atoms with Crippen LogP contribution in [0.25, 0.3) is 0 Å². The Morgan fingerprint density at radius 2 is 1.88 bits per heavy atom. The highest BCUT2D eigenvalue weighted by Crippen LogP contribution is 2.31. The van der Waals surface area contributed by atoms with Gasteiger partial charge in [-0.2, -0.15) is 25.8 Å². The van der Waals surface area contributed by atoms with Crippen molar-refractivity contribution in [1.82, 2.24) is 0 Å². The average Bonchev–Trinajstić information content (AvgIpc) is 2.26. The molecule has 0 spiro atoms. The first-order valence-electron chi connectivity index (χ1n) is 4.50. The number of hydrogen-bond donors (Lipinski definition) is 3. The average molecular weight is 252 g/mol. The summed E-state index contributed by atoms with van der Waals surface area (Å²) in [5, 5.41) is 18.8. The maximum absolute atomic E-state index is 12.4. The van der Waals surface area contributed by atoms with Crippen molar-refractivity contribution in [2.45, 2.75) is 18.4 Å². The number of aliphatic hydroxyl groups is 2. The van der Waals surface area contributed by atoms with Crippen LogP contribution in [0.4, 0.5) is 13.2 Å². The minimum Gasteiger partial charge on any atom is -0.389 e. The van der Waals surface area contributed by atoms with Gasteiger partial charge in [0.2, 0.25) is 0 Å². The second kappa shape index (κ2) is 5.07. The molecule has 0 aliphatic heterocycles. The van der Waals surface area contributed by atoms with Crippen LogP contribution in [0.5, 0.6) is 0 Å². The molecule has 0 amide bonds. The number of hydrogen-bond acceptors (Lipinski definition) is 3. The Bertz CT molecular complexity index is 354. The minimum atomic E-state index is -4.46. The van der Waals surface area contributed by atoms with Gasteiger partial charge in [0.05, 0.1) is 11.7 Å². The van der Waals surface area contributed by atoms with Crippen molar-refractivity contribution < 1.29 is 23.4 Å². The third kappa shape index (κ3) is 3.13. The molecule has 1 aromatic carbocycles. The first-order valence-corrected chi connectivity index (χ1v) is 5.13. The Balaban J connectivity index is 2.99. The van der Waals surface area contributed by atoms with E-state index in [4.69, 9.17) is 0 Å². The van der Waals surface area contributed by atoms with Crippen LogP contribution in [0.2, 0.25) is 0 Å². The van der Waals surface area contributed by atoms with Crippen molar-refractivity contribution in [1.29, 1.82) is 0 Å². The molecule has 1 rings (SSSR count). The van der Waals surface area contributed by atoms with E-state index >= 15 is 0 Å². The topological polar surface area (TPSA) is 40.5 Å². The first kappa shape index (κ1) is 13.3. The van der Waals surface area contributed by atoms with Crippen LogP contribution < -0.4 is 0 Å². The molecule has 0 bridgehead atoms. The maximum atomic E-state index is 12.4. The molecule has 2 N–H and O–H groups in total. The van der Waals surface area contributed by atoms with Crippen molar-refractivity contribution in [3.05, 3.63) is 35.4 Å². The van der Waals surface area contributed by atoms with Gasteiger partial charge in [-0.05, 0) is 17.7 Å². The van der Waals surface area contributed by atoms with Crippen molar-refractivity contribution in [3.8, 4) is 0 Å². The van der Waals surface area contributed by atoms with Gasteiger partial charge in [0.15, 0.2) is 0 Å². The van der Waals surface area contributed by atoms with E-state index in [9.17, 15) is 23.4 Å². The first-order chi connectivity index (χ1) is 7.36. The molecule has 90 valence electrons. The molecule has 1 aromatic rings. The summed E-state index contributed by atoms with van der Waals surface area (Å²) < 4.78 is 37.1. The highest BCUT2D eigenvalue weighted by Gasteiger charge is 2.31. The normalized spacial score (nSPS) is 15.9. The lowest BCUT2D eigenvalue weighted by Gasteiger charge is -2.17. The number of rotatable bonds is 3. The SMILES string of the molecule is OC(CS)C(O)c1cccc(C(F)(F)F)c1. The van der Waals surface area contributed by atoms with Crippen LogP contribution in [0.3, 0.4) is 0 Å². The van der Waals surface area contributed by atoms with Crippen molar-refractivity contribution in [3.63, 3.8) is 0 Å². The third-order valence-electron chi connectivity index (χ3n) is 2.11. The Kier molecular flexibility index (Phi) is 4.23. The molecule has 0 saturated heterocycles. The van der Waals surface area contributed by atoms with Gasteiger partial charge in [-0.1, -0.05) is 12.1 Å². The number of halogens is 3. The Morgan fingerprint density at radius 1 is 1.25 bits per heavy atom. The molecule has 16 heavy (non-hydrogen) atoms. The summed E-state index contributed by atoms with van der Waals surface area (Å²) >= 11 is 3.76. The standard InChI is InChI=1S/C10H11F3O2S/c11-10(12,13)7-3-1-2-6(4-7)9(15)8(14)5-16/h1-4,8-9,14-16H,5H2. The van der Waals surface area contributed by atoms with E-state index in [0.29, 0.717) is 0 Å². The van der Waals surface area contributed by atoms with E-state index in [1.54, 1.807) is 0 Å². The van der Waals surface area contributed by atoms with Crippen LogP contribution >= 0.6 is 12.6 Å². The van der Waals surface area contributed by atoms with Crippen molar-refractivity contribution in [2.75, 3.05) is 5.75 Å². The Morgan fingerprint density at radius 3 is 2.38 bits per heavy atom. The lowest BCUT2D eigenvalue weighted by atomic mass is 10.0. The lowest BCUT2D eigenvalue weighted by Crippen LogP contribution is -2.20. The van der Waals surface area contributed by atoms with Gasteiger partial charge in [0, 0.05) is 5.75 Å². The molecule has 0 aromatic heterocycles. The van der Waals surface area contributed by atoms with Gasteiger partial charge in [-0.3, -0.25) is 0 Å². The molecular weight excluding hydrogens is 241 g/mol. The molecule has 2 unspecified atom stereocenters. The summed E-state index contributed by atoms with van der Waals surface area (Å²) in [5.41, 5.74) is -0.827. The van der Waals surface area contributed by atoms with Crippen LogP contribution in [0.15, 0.2) is 24.3 Å². The van der Waals surface area contributed by atoms with Crippen LogP contribution in [0, 0.1) is 0 Å². The van der Waals surface area contributed by atoms with E-state index in [-0.39, 0.29) is 11.3 Å². The lowest BCUT2D eigenvalue weighted by molar-refractivity contribution is -0.137. The van der Waals surface area contributed by atoms with Gasteiger partial charge in [0.1, 0.15) is 6.10 Å². The number of aliphatic hydroxyl groups excluding tert-OH is 2. The summed E-state index contributed by atoms with van der Waals surface area (Å²) in [6.07, 6.45) is -7.01. The van der Waals surface area contributed by atoms with E-state index in [1.165, 1.54) is 12.1 Å². The van der Waals surface area contributed by atoms with E-state index in [0.717, 1.165) is 12.1 Å². The fourth-order valence-corrected chi connectivity index (χ4v) is 1.42. The van der Waals surface area contributed by atoms with Gasteiger partial charge in [0.25, 0.3) is 0 Å². The molecule has 0 aliphatic rings. The fraction of sp³-hybridized carbons (Fsp3) is 0.400. The van der Waals surface area contributed by atoms with Crippen molar-refractivity contribution in [2.24, 2.45) is 0 Å². The second-order valence-electron chi connectivity index (χ2n) is 3.32. The van der Waals surface area contributed by atoms with Gasteiger partial charge in [-0.15, -0.1) is 0 Å². The van der Waals surface area contributed by atoms with Crippen LogP contribution in [-0.4, -0.2) is 22.1 Å². The molecule has 0 heterocycles. The van der Waals surface area contributed by atoms with E-state index in [2.05, 4.69) is 12.6 Å². The molecule has 0 aliphatic carbocycles. The highest BCUT2D eigenvalue weighted by atomic mass is 32.1.